The Balaban J connectivity index is 1.91. The lowest BCUT2D eigenvalue weighted by molar-refractivity contribution is 0.0518. The molecule has 3 N–H and O–H groups in total. The van der Waals surface area contributed by atoms with E-state index < -0.39 is 11.7 Å². The molecule has 0 radical (unpaired) electrons. The van der Waals surface area contributed by atoms with E-state index in [4.69, 9.17) is 4.74 Å². The molecule has 0 aliphatic heterocycles. The van der Waals surface area contributed by atoms with Crippen molar-refractivity contribution in [1.82, 2.24) is 15.6 Å². The Hall–Kier alpha value is -1.98. The monoisotopic (exact) mass is 321 g/mol. The third-order valence-corrected chi connectivity index (χ3v) is 3.75. The largest absolute Gasteiger partial charge is 0.444 e. The maximum Gasteiger partial charge on any atom is 0.407 e. The first-order valence-corrected chi connectivity index (χ1v) is 8.09. The zero-order valence-electron chi connectivity index (χ0n) is 14.6. The molecule has 6 heteroatoms. The van der Waals surface area contributed by atoms with Crippen molar-refractivity contribution in [2.75, 3.05) is 6.54 Å². The van der Waals surface area contributed by atoms with Gasteiger partial charge in [0, 0.05) is 18.3 Å². The molecule has 1 aliphatic carbocycles. The fraction of sp³-hybridized carbons (Fsp3) is 0.647. The van der Waals surface area contributed by atoms with Crippen LogP contribution >= 0.6 is 0 Å². The Kier molecular flexibility index (Phi) is 5.02. The molecule has 1 fully saturated rings. The lowest BCUT2D eigenvalue weighted by atomic mass is 10.1. The number of hydrogen-bond donors (Lipinski definition) is 3. The van der Waals surface area contributed by atoms with Crippen molar-refractivity contribution in [3.8, 4) is 0 Å². The van der Waals surface area contributed by atoms with Gasteiger partial charge in [-0.1, -0.05) is 0 Å². The number of hydrogen-bond acceptors (Lipinski definition) is 3. The Labute approximate surface area is 137 Å². The summed E-state index contributed by atoms with van der Waals surface area (Å²) in [5.41, 5.74) is 1.95. The summed E-state index contributed by atoms with van der Waals surface area (Å²) in [7, 11) is 0. The Morgan fingerprint density at radius 3 is 2.48 bits per heavy atom. The summed E-state index contributed by atoms with van der Waals surface area (Å²) >= 11 is 0. The van der Waals surface area contributed by atoms with Crippen LogP contribution in [0.15, 0.2) is 6.07 Å². The van der Waals surface area contributed by atoms with Crippen molar-refractivity contribution in [1.29, 1.82) is 0 Å². The van der Waals surface area contributed by atoms with Crippen molar-refractivity contribution in [2.24, 2.45) is 5.92 Å². The van der Waals surface area contributed by atoms with E-state index in [1.165, 1.54) is 0 Å². The molecule has 1 saturated carbocycles. The van der Waals surface area contributed by atoms with Crippen LogP contribution in [0.2, 0.25) is 0 Å². The van der Waals surface area contributed by atoms with E-state index in [-0.39, 0.29) is 11.9 Å². The van der Waals surface area contributed by atoms with Gasteiger partial charge in [-0.15, -0.1) is 0 Å². The molecule has 128 valence electrons. The molecule has 0 aromatic carbocycles. The number of carbonyl (C=O) groups excluding carboxylic acids is 2. The van der Waals surface area contributed by atoms with Crippen molar-refractivity contribution in [3.63, 3.8) is 0 Å². The molecular formula is C17H27N3O3. The van der Waals surface area contributed by atoms with Crippen LogP contribution in [-0.4, -0.2) is 35.2 Å². The van der Waals surface area contributed by atoms with Crippen LogP contribution in [0, 0.1) is 19.8 Å². The second-order valence-corrected chi connectivity index (χ2v) is 7.31. The van der Waals surface area contributed by atoms with Crippen LogP contribution in [0.5, 0.6) is 0 Å². The molecule has 0 bridgehead atoms. The standard InChI is InChI=1S/C17H27N3O3/c1-10-8-11(2)19-14(10)15(21)20-13(12-6-7-12)9-18-16(22)23-17(3,4)5/h8,12-13,19H,6-7,9H2,1-5H3,(H,18,22)(H,20,21)/t13-/m0/s1. The SMILES string of the molecule is Cc1cc(C)c(C(=O)N[C@@H](CNC(=O)OC(C)(C)C)C2CC2)[nH]1. The number of amides is 2. The second kappa shape index (κ2) is 6.64. The van der Waals surface area contributed by atoms with Crippen LogP contribution in [-0.2, 0) is 4.74 Å². The van der Waals surface area contributed by atoms with Crippen molar-refractivity contribution < 1.29 is 14.3 Å². The highest BCUT2D eigenvalue weighted by Crippen LogP contribution is 2.32. The molecule has 1 atom stereocenters. The maximum atomic E-state index is 12.4. The lowest BCUT2D eigenvalue weighted by Gasteiger charge is -2.22. The van der Waals surface area contributed by atoms with E-state index in [0.29, 0.717) is 18.2 Å². The fourth-order valence-electron chi connectivity index (χ4n) is 2.55. The molecule has 0 saturated heterocycles. The van der Waals surface area contributed by atoms with Crippen LogP contribution < -0.4 is 10.6 Å². The van der Waals surface area contributed by atoms with Gasteiger partial charge in [0.25, 0.3) is 5.91 Å². The highest BCUT2D eigenvalue weighted by Gasteiger charge is 2.33. The Morgan fingerprint density at radius 1 is 1.35 bits per heavy atom. The molecule has 2 rings (SSSR count). The van der Waals surface area contributed by atoms with E-state index in [0.717, 1.165) is 24.1 Å². The molecule has 0 unspecified atom stereocenters. The van der Waals surface area contributed by atoms with Gasteiger partial charge in [0.05, 0.1) is 0 Å². The minimum Gasteiger partial charge on any atom is -0.444 e. The first-order valence-electron chi connectivity index (χ1n) is 8.09. The van der Waals surface area contributed by atoms with Crippen LogP contribution in [0.3, 0.4) is 0 Å². The predicted octanol–water partition coefficient (Wildman–Crippen LogP) is 2.66. The Morgan fingerprint density at radius 2 is 2.00 bits per heavy atom. The average Bonchev–Trinajstić information content (AvgIpc) is 3.17. The minimum atomic E-state index is -0.526. The summed E-state index contributed by atoms with van der Waals surface area (Å²) in [4.78, 5) is 27.3. The van der Waals surface area contributed by atoms with Gasteiger partial charge >= 0.3 is 6.09 Å². The van der Waals surface area contributed by atoms with E-state index in [1.54, 1.807) is 0 Å². The third-order valence-electron chi connectivity index (χ3n) is 3.75. The topological polar surface area (TPSA) is 83.2 Å². The van der Waals surface area contributed by atoms with E-state index in [2.05, 4.69) is 15.6 Å². The zero-order valence-corrected chi connectivity index (χ0v) is 14.6. The van der Waals surface area contributed by atoms with E-state index in [9.17, 15) is 9.59 Å². The predicted molar refractivity (Wildman–Crippen MR) is 88.5 cm³/mol. The van der Waals surface area contributed by atoms with Gasteiger partial charge in [-0.2, -0.15) is 0 Å². The Bertz CT molecular complexity index is 582. The zero-order chi connectivity index (χ0) is 17.2. The molecule has 1 heterocycles. The quantitative estimate of drug-likeness (QED) is 0.779. The smallest absolute Gasteiger partial charge is 0.407 e. The summed E-state index contributed by atoms with van der Waals surface area (Å²) in [6.45, 7) is 9.68. The summed E-state index contributed by atoms with van der Waals surface area (Å²) in [6, 6.07) is 1.87. The molecule has 0 spiro atoms. The normalized spacial score (nSPS) is 15.9. The first kappa shape index (κ1) is 17.4. The number of aromatic nitrogens is 1. The highest BCUT2D eigenvalue weighted by atomic mass is 16.6. The number of alkyl carbamates (subject to hydrolysis) is 1. The number of H-pyrrole nitrogens is 1. The van der Waals surface area contributed by atoms with Gasteiger partial charge in [-0.25, -0.2) is 4.79 Å². The van der Waals surface area contributed by atoms with Crippen molar-refractivity contribution >= 4 is 12.0 Å². The summed E-state index contributed by atoms with van der Waals surface area (Å²) in [6.07, 6.45) is 1.69. The minimum absolute atomic E-state index is 0.0713. The molecular weight excluding hydrogens is 294 g/mol. The summed E-state index contributed by atoms with van der Waals surface area (Å²) in [5, 5.41) is 5.78. The molecule has 1 aliphatic rings. The number of aromatic amines is 1. The highest BCUT2D eigenvalue weighted by molar-refractivity contribution is 5.94. The van der Waals surface area contributed by atoms with E-state index in [1.807, 2.05) is 40.7 Å². The number of rotatable bonds is 5. The van der Waals surface area contributed by atoms with Crippen molar-refractivity contribution in [2.45, 2.75) is 59.1 Å². The van der Waals surface area contributed by atoms with Crippen molar-refractivity contribution in [3.05, 3.63) is 23.0 Å². The van der Waals surface area contributed by atoms with Crippen LogP contribution in [0.1, 0.15) is 55.4 Å². The molecule has 2 amide bonds. The average molecular weight is 321 g/mol. The van der Waals surface area contributed by atoms with Crippen LogP contribution in [0.25, 0.3) is 0 Å². The summed E-state index contributed by atoms with van der Waals surface area (Å²) < 4.78 is 5.23. The first-order chi connectivity index (χ1) is 10.7. The summed E-state index contributed by atoms with van der Waals surface area (Å²) in [5.74, 6) is 0.295. The number of aryl methyl sites for hydroxylation is 2. The van der Waals surface area contributed by atoms with Gasteiger partial charge in [0.2, 0.25) is 0 Å². The molecule has 23 heavy (non-hydrogen) atoms. The van der Waals surface area contributed by atoms with Gasteiger partial charge in [0.15, 0.2) is 0 Å². The number of nitrogens with one attached hydrogen (secondary N) is 3. The molecule has 1 aromatic heterocycles. The fourth-order valence-corrected chi connectivity index (χ4v) is 2.55. The lowest BCUT2D eigenvalue weighted by Crippen LogP contribution is -2.46. The van der Waals surface area contributed by atoms with Gasteiger partial charge < -0.3 is 20.4 Å². The second-order valence-electron chi connectivity index (χ2n) is 7.31. The maximum absolute atomic E-state index is 12.4. The third kappa shape index (κ3) is 5.30. The van der Waals surface area contributed by atoms with Gasteiger partial charge in [0.1, 0.15) is 11.3 Å². The van der Waals surface area contributed by atoms with Gasteiger partial charge in [-0.05, 0) is 65.0 Å². The van der Waals surface area contributed by atoms with Gasteiger partial charge in [-0.3, -0.25) is 4.79 Å². The van der Waals surface area contributed by atoms with E-state index >= 15 is 0 Å². The molecule has 6 nitrogen and oxygen atoms in total. The van der Waals surface area contributed by atoms with Crippen LogP contribution in [0.4, 0.5) is 4.79 Å². The molecule has 1 aromatic rings. The number of carbonyl (C=O) groups is 2. The number of ether oxygens (including phenoxy) is 1.